The van der Waals surface area contributed by atoms with Gasteiger partial charge in [0.1, 0.15) is 0 Å². The number of rotatable bonds is 3. The number of hydrogen-bond donors (Lipinski definition) is 2. The number of halogens is 2. The van der Waals surface area contributed by atoms with Crippen molar-refractivity contribution in [1.29, 1.82) is 0 Å². The molecule has 0 saturated heterocycles. The molecule has 1 aliphatic rings. The average Bonchev–Trinajstić information content (AvgIpc) is 1.95. The first-order chi connectivity index (χ1) is 5.54. The summed E-state index contributed by atoms with van der Waals surface area (Å²) in [5.74, 6) is -0.0608. The highest BCUT2D eigenvalue weighted by Gasteiger charge is 2.39. The predicted octanol–water partition coefficient (Wildman–Crippen LogP) is 1.31. The molecule has 0 atom stereocenters. The third-order valence-electron chi connectivity index (χ3n) is 2.14. The molecule has 0 aromatic rings. The van der Waals surface area contributed by atoms with Gasteiger partial charge in [-0.05, 0) is 19.3 Å². The normalized spacial score (nSPS) is 18.0. The lowest BCUT2D eigenvalue weighted by molar-refractivity contribution is -0.129. The van der Waals surface area contributed by atoms with Crippen LogP contribution in [0.25, 0.3) is 0 Å². The molecule has 1 aliphatic carbocycles. The average molecular weight is 270 g/mol. The van der Waals surface area contributed by atoms with Gasteiger partial charge in [0.05, 0.1) is 5.54 Å². The third-order valence-corrected chi connectivity index (χ3v) is 2.42. The Hall–Kier alpha value is -0.0600. The van der Waals surface area contributed by atoms with Gasteiger partial charge in [0.25, 0.3) is 0 Å². The zero-order chi connectivity index (χ0) is 9.19. The van der Waals surface area contributed by atoms with Crippen molar-refractivity contribution < 1.29 is 4.79 Å². The highest BCUT2D eigenvalue weighted by Crippen LogP contribution is 2.28. The second-order valence-electron chi connectivity index (χ2n) is 3.21. The highest BCUT2D eigenvalue weighted by molar-refractivity contribution is 9.11. The number of carbonyl (C=O) groups excluding carboxylic acids is 1. The van der Waals surface area contributed by atoms with E-state index in [4.69, 9.17) is 5.73 Å². The molecular weight excluding hydrogens is 255 g/mol. The van der Waals surface area contributed by atoms with Crippen molar-refractivity contribution in [3.63, 3.8) is 0 Å². The molecule has 0 radical (unpaired) electrons. The van der Waals surface area contributed by atoms with Crippen LogP contribution in [0.2, 0.25) is 0 Å². The minimum absolute atomic E-state index is 0. The van der Waals surface area contributed by atoms with Crippen molar-refractivity contribution in [3.05, 3.63) is 11.1 Å². The largest absolute Gasteiger partial charge is 0.350 e. The molecule has 3 nitrogen and oxygen atoms in total. The summed E-state index contributed by atoms with van der Waals surface area (Å²) in [4.78, 5) is 11.4. The summed E-state index contributed by atoms with van der Waals surface area (Å²) in [5, 5.41) is 2.71. The fraction of sp³-hybridized carbons (Fsp3) is 0.625. The maximum atomic E-state index is 11.4. The Kier molecular flexibility index (Phi) is 4.96. The van der Waals surface area contributed by atoms with Gasteiger partial charge in [0.15, 0.2) is 0 Å². The number of carbonyl (C=O) groups is 1. The smallest absolute Gasteiger partial charge is 0.240 e. The van der Waals surface area contributed by atoms with Gasteiger partial charge in [0, 0.05) is 11.0 Å². The molecule has 3 N–H and O–H groups in total. The van der Waals surface area contributed by atoms with E-state index in [0.29, 0.717) is 6.54 Å². The van der Waals surface area contributed by atoms with Crippen molar-refractivity contribution in [2.24, 2.45) is 5.73 Å². The summed E-state index contributed by atoms with van der Waals surface area (Å²) in [7, 11) is 0. The third kappa shape index (κ3) is 3.29. The van der Waals surface area contributed by atoms with E-state index in [1.807, 2.05) is 0 Å². The van der Waals surface area contributed by atoms with Crippen LogP contribution in [0.5, 0.6) is 0 Å². The van der Waals surface area contributed by atoms with Gasteiger partial charge in [-0.1, -0.05) is 22.5 Å². The Morgan fingerprint density at radius 2 is 2.15 bits per heavy atom. The summed E-state index contributed by atoms with van der Waals surface area (Å²) >= 11 is 3.16. The van der Waals surface area contributed by atoms with E-state index < -0.39 is 5.54 Å². The van der Waals surface area contributed by atoms with E-state index in [1.54, 1.807) is 0 Å². The number of nitrogens with two attached hydrogens (primary N) is 1. The molecule has 0 unspecified atom stereocenters. The van der Waals surface area contributed by atoms with Gasteiger partial charge < -0.3 is 11.1 Å². The zero-order valence-corrected chi connectivity index (χ0v) is 9.71. The van der Waals surface area contributed by atoms with Crippen LogP contribution in [0, 0.1) is 0 Å². The molecule has 0 heterocycles. The van der Waals surface area contributed by atoms with Crippen molar-refractivity contribution in [3.8, 4) is 0 Å². The predicted molar refractivity (Wildman–Crippen MR) is 59.1 cm³/mol. The topological polar surface area (TPSA) is 55.1 Å². The maximum Gasteiger partial charge on any atom is 0.240 e. The minimum Gasteiger partial charge on any atom is -0.350 e. The zero-order valence-electron chi connectivity index (χ0n) is 7.31. The lowest BCUT2D eigenvalue weighted by Gasteiger charge is -2.36. The Morgan fingerprint density at radius 1 is 1.62 bits per heavy atom. The minimum atomic E-state index is -0.595. The van der Waals surface area contributed by atoms with E-state index >= 15 is 0 Å². The molecule has 13 heavy (non-hydrogen) atoms. The SMILES string of the molecule is C=C(Br)CNC(=O)C1(N)CCC1.Cl. The van der Waals surface area contributed by atoms with E-state index in [0.717, 1.165) is 23.7 Å². The van der Waals surface area contributed by atoms with Crippen molar-refractivity contribution in [1.82, 2.24) is 5.32 Å². The molecule has 0 aliphatic heterocycles. The van der Waals surface area contributed by atoms with Crippen LogP contribution in [-0.4, -0.2) is 18.0 Å². The van der Waals surface area contributed by atoms with Gasteiger partial charge in [-0.3, -0.25) is 4.79 Å². The fourth-order valence-electron chi connectivity index (χ4n) is 1.14. The Bertz CT molecular complexity index is 216. The maximum absolute atomic E-state index is 11.4. The number of nitrogens with one attached hydrogen (secondary N) is 1. The summed E-state index contributed by atoms with van der Waals surface area (Å²) in [6, 6.07) is 0. The van der Waals surface area contributed by atoms with Crippen LogP contribution in [0.3, 0.4) is 0 Å². The quantitative estimate of drug-likeness (QED) is 0.812. The monoisotopic (exact) mass is 268 g/mol. The summed E-state index contributed by atoms with van der Waals surface area (Å²) < 4.78 is 0.763. The number of amides is 1. The van der Waals surface area contributed by atoms with Crippen molar-refractivity contribution in [2.75, 3.05) is 6.54 Å². The van der Waals surface area contributed by atoms with Crippen molar-refractivity contribution in [2.45, 2.75) is 24.8 Å². The lowest BCUT2D eigenvalue weighted by atomic mass is 9.77. The van der Waals surface area contributed by atoms with Crippen molar-refractivity contribution >= 4 is 34.2 Å². The standard InChI is InChI=1S/C8H13BrN2O.ClH/c1-6(9)5-11-7(12)8(10)3-2-4-8;/h1-5,10H2,(H,11,12);1H. The highest BCUT2D eigenvalue weighted by atomic mass is 79.9. The Labute approximate surface area is 92.7 Å². The molecule has 0 aromatic heterocycles. The first kappa shape index (κ1) is 12.9. The van der Waals surface area contributed by atoms with Crippen LogP contribution >= 0.6 is 28.3 Å². The van der Waals surface area contributed by atoms with Gasteiger partial charge in [-0.15, -0.1) is 12.4 Å². The van der Waals surface area contributed by atoms with E-state index in [-0.39, 0.29) is 18.3 Å². The van der Waals surface area contributed by atoms with E-state index in [2.05, 4.69) is 27.8 Å². The fourth-order valence-corrected chi connectivity index (χ4v) is 1.28. The van der Waals surface area contributed by atoms with E-state index in [1.165, 1.54) is 0 Å². The van der Waals surface area contributed by atoms with Gasteiger partial charge in [-0.25, -0.2) is 0 Å². The first-order valence-corrected chi connectivity index (χ1v) is 4.74. The molecule has 0 spiro atoms. The van der Waals surface area contributed by atoms with Gasteiger partial charge in [0.2, 0.25) is 5.91 Å². The molecule has 5 heteroatoms. The first-order valence-electron chi connectivity index (χ1n) is 3.95. The summed E-state index contributed by atoms with van der Waals surface area (Å²) in [5.41, 5.74) is 5.18. The Morgan fingerprint density at radius 3 is 2.46 bits per heavy atom. The molecule has 1 saturated carbocycles. The molecule has 1 fully saturated rings. The van der Waals surface area contributed by atoms with Gasteiger partial charge >= 0.3 is 0 Å². The molecule has 1 rings (SSSR count). The Balaban J connectivity index is 0.00000144. The van der Waals surface area contributed by atoms with E-state index in [9.17, 15) is 4.79 Å². The molecule has 1 amide bonds. The van der Waals surface area contributed by atoms with Gasteiger partial charge in [-0.2, -0.15) is 0 Å². The molecule has 76 valence electrons. The van der Waals surface area contributed by atoms with Crippen LogP contribution in [0.1, 0.15) is 19.3 Å². The summed E-state index contributed by atoms with van der Waals surface area (Å²) in [6.45, 7) is 4.07. The number of hydrogen-bond acceptors (Lipinski definition) is 2. The summed E-state index contributed by atoms with van der Waals surface area (Å²) in [6.07, 6.45) is 2.65. The second-order valence-corrected chi connectivity index (χ2v) is 4.33. The van der Waals surface area contributed by atoms with Crippen LogP contribution < -0.4 is 11.1 Å². The second kappa shape index (κ2) is 4.98. The lowest BCUT2D eigenvalue weighted by Crippen LogP contribution is -2.58. The van der Waals surface area contributed by atoms with Crippen LogP contribution in [0.15, 0.2) is 11.1 Å². The molecular formula is C8H14BrClN2O. The molecule has 0 bridgehead atoms. The van der Waals surface area contributed by atoms with Crippen LogP contribution in [-0.2, 0) is 4.79 Å². The molecule has 0 aromatic carbocycles. The van der Waals surface area contributed by atoms with Crippen LogP contribution in [0.4, 0.5) is 0 Å².